The Balaban J connectivity index is 2.49. The normalized spacial score (nSPS) is 10.2. The van der Waals surface area contributed by atoms with Gasteiger partial charge in [-0.15, -0.1) is 0 Å². The molecule has 0 atom stereocenters. The minimum Gasteiger partial charge on any atom is -0.322 e. The SMILES string of the molecule is Cc1ccccc1NC(=O)c1cc([N+](=O)[O-])cc([N+](=O)[O-])c1C. The second-order valence-electron chi connectivity index (χ2n) is 4.92. The largest absolute Gasteiger partial charge is 0.322 e. The van der Waals surface area contributed by atoms with Gasteiger partial charge in [-0.25, -0.2) is 0 Å². The first-order valence-electron chi connectivity index (χ1n) is 6.61. The fourth-order valence-electron chi connectivity index (χ4n) is 2.12. The second-order valence-corrected chi connectivity index (χ2v) is 4.92. The first kappa shape index (κ1) is 16.1. The number of rotatable bonds is 4. The molecule has 2 aromatic rings. The van der Waals surface area contributed by atoms with Gasteiger partial charge in [0.25, 0.3) is 17.3 Å². The van der Waals surface area contributed by atoms with Crippen molar-refractivity contribution in [3.8, 4) is 0 Å². The smallest absolute Gasteiger partial charge is 0.279 e. The van der Waals surface area contributed by atoms with E-state index in [9.17, 15) is 25.0 Å². The number of para-hydroxylation sites is 1. The van der Waals surface area contributed by atoms with Crippen LogP contribution < -0.4 is 5.32 Å². The molecule has 0 spiro atoms. The van der Waals surface area contributed by atoms with Gasteiger partial charge in [-0.3, -0.25) is 25.0 Å². The van der Waals surface area contributed by atoms with Gasteiger partial charge < -0.3 is 5.32 Å². The van der Waals surface area contributed by atoms with Crippen molar-refractivity contribution >= 4 is 23.0 Å². The van der Waals surface area contributed by atoms with Crippen molar-refractivity contribution in [2.75, 3.05) is 5.32 Å². The third-order valence-electron chi connectivity index (χ3n) is 3.41. The molecule has 0 saturated heterocycles. The number of benzene rings is 2. The highest BCUT2D eigenvalue weighted by molar-refractivity contribution is 6.06. The predicted molar refractivity (Wildman–Crippen MR) is 83.6 cm³/mol. The number of carbonyl (C=O) groups is 1. The number of hydrogen-bond donors (Lipinski definition) is 1. The fraction of sp³-hybridized carbons (Fsp3) is 0.133. The van der Waals surface area contributed by atoms with Gasteiger partial charge in [-0.2, -0.15) is 0 Å². The molecule has 0 bridgehead atoms. The molecule has 1 amide bonds. The predicted octanol–water partition coefficient (Wildman–Crippen LogP) is 3.37. The van der Waals surface area contributed by atoms with Crippen LogP contribution in [0.5, 0.6) is 0 Å². The average Bonchev–Trinajstić information content (AvgIpc) is 2.49. The molecule has 8 heteroatoms. The highest BCUT2D eigenvalue weighted by Crippen LogP contribution is 2.28. The van der Waals surface area contributed by atoms with Crippen LogP contribution in [-0.4, -0.2) is 15.8 Å². The molecule has 0 radical (unpaired) electrons. The maximum atomic E-state index is 12.4. The molecule has 118 valence electrons. The number of nitro benzene ring substituents is 2. The Labute approximate surface area is 131 Å². The molecule has 23 heavy (non-hydrogen) atoms. The van der Waals surface area contributed by atoms with E-state index in [1.165, 1.54) is 6.92 Å². The van der Waals surface area contributed by atoms with Gasteiger partial charge >= 0.3 is 0 Å². The van der Waals surface area contributed by atoms with Crippen LogP contribution >= 0.6 is 0 Å². The highest BCUT2D eigenvalue weighted by atomic mass is 16.6. The molecule has 0 fully saturated rings. The summed E-state index contributed by atoms with van der Waals surface area (Å²) in [4.78, 5) is 32.8. The summed E-state index contributed by atoms with van der Waals surface area (Å²) >= 11 is 0. The summed E-state index contributed by atoms with van der Waals surface area (Å²) in [5.41, 5.74) is 0.344. The zero-order valence-electron chi connectivity index (χ0n) is 12.4. The van der Waals surface area contributed by atoms with Crippen LogP contribution in [0.15, 0.2) is 36.4 Å². The molecule has 0 saturated carbocycles. The summed E-state index contributed by atoms with van der Waals surface area (Å²) in [6.07, 6.45) is 0. The lowest BCUT2D eigenvalue weighted by molar-refractivity contribution is -0.394. The molecule has 0 aliphatic rings. The lowest BCUT2D eigenvalue weighted by Crippen LogP contribution is -2.15. The van der Waals surface area contributed by atoms with Gasteiger partial charge in [0.15, 0.2) is 0 Å². The van der Waals surface area contributed by atoms with Crippen molar-refractivity contribution in [1.29, 1.82) is 0 Å². The minimum absolute atomic E-state index is 0.0756. The van der Waals surface area contributed by atoms with E-state index in [0.29, 0.717) is 5.69 Å². The number of anilines is 1. The monoisotopic (exact) mass is 315 g/mol. The number of non-ortho nitro benzene ring substituents is 1. The number of amides is 1. The highest BCUT2D eigenvalue weighted by Gasteiger charge is 2.24. The number of aryl methyl sites for hydroxylation is 1. The van der Waals surface area contributed by atoms with Crippen LogP contribution in [0, 0.1) is 34.1 Å². The molecular weight excluding hydrogens is 302 g/mol. The fourth-order valence-corrected chi connectivity index (χ4v) is 2.12. The van der Waals surface area contributed by atoms with E-state index in [0.717, 1.165) is 17.7 Å². The lowest BCUT2D eigenvalue weighted by atomic mass is 10.0. The second kappa shape index (κ2) is 6.22. The molecule has 0 aliphatic carbocycles. The first-order valence-corrected chi connectivity index (χ1v) is 6.61. The summed E-state index contributed by atoms with van der Waals surface area (Å²) in [6.45, 7) is 3.17. The molecule has 1 N–H and O–H groups in total. The van der Waals surface area contributed by atoms with Gasteiger partial charge in [0.1, 0.15) is 0 Å². The number of nitrogens with one attached hydrogen (secondary N) is 1. The van der Waals surface area contributed by atoms with E-state index in [4.69, 9.17) is 0 Å². The maximum absolute atomic E-state index is 12.4. The molecule has 2 aromatic carbocycles. The van der Waals surface area contributed by atoms with Crippen LogP contribution in [-0.2, 0) is 0 Å². The van der Waals surface area contributed by atoms with Crippen molar-refractivity contribution in [3.63, 3.8) is 0 Å². The van der Waals surface area contributed by atoms with E-state index in [2.05, 4.69) is 5.32 Å². The molecule has 8 nitrogen and oxygen atoms in total. The molecule has 2 rings (SSSR count). The van der Waals surface area contributed by atoms with Gasteiger partial charge in [-0.05, 0) is 25.5 Å². The van der Waals surface area contributed by atoms with Crippen LogP contribution in [0.3, 0.4) is 0 Å². The van der Waals surface area contributed by atoms with Gasteiger partial charge in [-0.1, -0.05) is 18.2 Å². The van der Waals surface area contributed by atoms with Crippen LogP contribution in [0.2, 0.25) is 0 Å². The Kier molecular flexibility index (Phi) is 4.35. The lowest BCUT2D eigenvalue weighted by Gasteiger charge is -2.10. The molecular formula is C15H13N3O5. The van der Waals surface area contributed by atoms with Crippen LogP contribution in [0.1, 0.15) is 21.5 Å². The topological polar surface area (TPSA) is 115 Å². The standard InChI is InChI=1S/C15H13N3O5/c1-9-5-3-4-6-13(9)16-15(19)12-7-11(17(20)21)8-14(10(12)2)18(22)23/h3-8H,1-2H3,(H,16,19). The van der Waals surface area contributed by atoms with Gasteiger partial charge in [0, 0.05) is 17.3 Å². The van der Waals surface area contributed by atoms with Gasteiger partial charge in [0.05, 0.1) is 21.5 Å². The van der Waals surface area contributed by atoms with Crippen molar-refractivity contribution in [2.45, 2.75) is 13.8 Å². The summed E-state index contributed by atoms with van der Waals surface area (Å²) in [5.74, 6) is -0.636. The van der Waals surface area contributed by atoms with Crippen molar-refractivity contribution in [1.82, 2.24) is 0 Å². The van der Waals surface area contributed by atoms with E-state index < -0.39 is 27.1 Å². The number of carbonyl (C=O) groups excluding carboxylic acids is 1. The Bertz CT molecular complexity index is 817. The summed E-state index contributed by atoms with van der Waals surface area (Å²) in [5, 5.41) is 24.6. The zero-order chi connectivity index (χ0) is 17.1. The maximum Gasteiger partial charge on any atom is 0.279 e. The molecule has 0 heterocycles. The van der Waals surface area contributed by atoms with E-state index >= 15 is 0 Å². The Hall–Kier alpha value is -3.29. The van der Waals surface area contributed by atoms with Gasteiger partial charge in [0.2, 0.25) is 0 Å². The average molecular weight is 315 g/mol. The van der Waals surface area contributed by atoms with E-state index in [1.807, 2.05) is 0 Å². The number of nitrogens with zero attached hydrogens (tertiary/aromatic N) is 2. The minimum atomic E-state index is -0.767. The molecule has 0 aromatic heterocycles. The third-order valence-corrected chi connectivity index (χ3v) is 3.41. The first-order chi connectivity index (χ1) is 10.8. The Morgan fingerprint density at radius 3 is 2.26 bits per heavy atom. The van der Waals surface area contributed by atoms with Crippen LogP contribution in [0.25, 0.3) is 0 Å². The third kappa shape index (κ3) is 3.31. The molecule has 0 aliphatic heterocycles. The van der Waals surface area contributed by atoms with E-state index in [1.54, 1.807) is 31.2 Å². The molecule has 0 unspecified atom stereocenters. The Morgan fingerprint density at radius 1 is 1.04 bits per heavy atom. The Morgan fingerprint density at radius 2 is 1.70 bits per heavy atom. The van der Waals surface area contributed by atoms with Crippen molar-refractivity contribution in [3.05, 3.63) is 73.3 Å². The number of hydrogen-bond acceptors (Lipinski definition) is 5. The zero-order valence-corrected chi connectivity index (χ0v) is 12.4. The van der Waals surface area contributed by atoms with Crippen molar-refractivity contribution in [2.24, 2.45) is 0 Å². The summed E-state index contributed by atoms with van der Waals surface area (Å²) < 4.78 is 0. The summed E-state index contributed by atoms with van der Waals surface area (Å²) in [6, 6.07) is 8.88. The van der Waals surface area contributed by atoms with Crippen molar-refractivity contribution < 1.29 is 14.6 Å². The van der Waals surface area contributed by atoms with E-state index in [-0.39, 0.29) is 11.1 Å². The summed E-state index contributed by atoms with van der Waals surface area (Å²) in [7, 11) is 0. The number of nitro groups is 2. The quantitative estimate of drug-likeness (QED) is 0.686. The van der Waals surface area contributed by atoms with Crippen LogP contribution in [0.4, 0.5) is 17.1 Å².